The number of pyridine rings is 1. The van der Waals surface area contributed by atoms with Crippen LogP contribution in [0.3, 0.4) is 0 Å². The third kappa shape index (κ3) is 5.72. The van der Waals surface area contributed by atoms with Gasteiger partial charge in [-0.3, -0.25) is 19.3 Å². The number of carbonyl (C=O) groups is 4. The molecule has 2 aromatic rings. The van der Waals surface area contributed by atoms with Crippen LogP contribution >= 0.6 is 23.5 Å². The maximum atomic E-state index is 13.1. The summed E-state index contributed by atoms with van der Waals surface area (Å²) in [5, 5.41) is 18.1. The maximum absolute atomic E-state index is 13.1. The van der Waals surface area contributed by atoms with Crippen molar-refractivity contribution in [3.63, 3.8) is 0 Å². The first-order chi connectivity index (χ1) is 17.9. The van der Waals surface area contributed by atoms with E-state index in [2.05, 4.69) is 25.8 Å². The Hall–Kier alpha value is -3.98. The lowest BCUT2D eigenvalue weighted by Crippen LogP contribution is -2.71. The van der Waals surface area contributed by atoms with Crippen molar-refractivity contribution in [1.29, 1.82) is 0 Å². The summed E-state index contributed by atoms with van der Waals surface area (Å²) < 4.78 is 1.83. The number of anilines is 1. The van der Waals surface area contributed by atoms with Gasteiger partial charge in [-0.05, 0) is 12.3 Å². The minimum absolute atomic E-state index is 0.0798. The number of hydrogen-bond acceptors (Lipinski definition) is 10. The molecule has 0 aliphatic carbocycles. The lowest BCUT2D eigenvalue weighted by Gasteiger charge is -2.49. The average molecular weight is 545 g/mol. The van der Waals surface area contributed by atoms with Crippen molar-refractivity contribution in [3.8, 4) is 0 Å². The predicted octanol–water partition coefficient (Wildman–Crippen LogP) is -0.188. The van der Waals surface area contributed by atoms with Crippen molar-refractivity contribution < 1.29 is 33.7 Å². The van der Waals surface area contributed by atoms with Crippen LogP contribution in [0.1, 0.15) is 5.82 Å². The van der Waals surface area contributed by atoms with Crippen LogP contribution in [0.25, 0.3) is 0 Å². The van der Waals surface area contributed by atoms with Crippen LogP contribution in [0.15, 0.2) is 59.3 Å². The number of nitrogens with zero attached hydrogens (tertiary/aromatic N) is 5. The second kappa shape index (κ2) is 11.8. The van der Waals surface area contributed by atoms with Gasteiger partial charge in [-0.2, -0.15) is 0 Å². The molecule has 1 unspecified atom stereocenters. The van der Waals surface area contributed by atoms with Crippen molar-refractivity contribution >= 4 is 59.2 Å². The Morgan fingerprint density at radius 3 is 2.86 bits per heavy atom. The number of thioether (sulfide) groups is 2. The monoisotopic (exact) mass is 544 g/mol. The number of fused-ring (bicyclic) bond motifs is 1. The number of carboxylic acids is 1. The van der Waals surface area contributed by atoms with Crippen LogP contribution in [-0.4, -0.2) is 79.2 Å². The highest BCUT2D eigenvalue weighted by atomic mass is 32.2. The fraction of sp³-hybridized carbons (Fsp3) is 0.273. The minimum Gasteiger partial charge on any atom is -0.477 e. The number of hydrogen-bond donors (Lipinski definition) is 3. The van der Waals surface area contributed by atoms with Gasteiger partial charge < -0.3 is 20.6 Å². The summed E-state index contributed by atoms with van der Waals surface area (Å²) in [4.78, 5) is 63.5. The molecule has 2 aromatic heterocycles. The fourth-order valence-electron chi connectivity index (χ4n) is 3.72. The standard InChI is InChI=1S/C22H21N7O6S2/c1-36-12-35-27-15(18-23-6-5-14(25-18)24-11-30)19(31)26-16-20(32)29-17(22(33)34)13(10-37-21(16)29)9-28-7-3-2-4-8-28/h2-8,11,16,21H,9-10,12H2,1H3,(H2-,23,24,25,26,30,31,33,34)/p+1/t16?,21-/m0/s1. The highest BCUT2D eigenvalue weighted by Crippen LogP contribution is 2.40. The molecule has 0 aromatic carbocycles. The molecule has 2 aliphatic rings. The summed E-state index contributed by atoms with van der Waals surface area (Å²) >= 11 is 2.68. The molecule has 2 atom stereocenters. The number of carbonyl (C=O) groups excluding carboxylic acids is 3. The van der Waals surface area contributed by atoms with E-state index in [-0.39, 0.29) is 29.0 Å². The van der Waals surface area contributed by atoms with E-state index in [1.165, 1.54) is 40.7 Å². The molecule has 37 heavy (non-hydrogen) atoms. The predicted molar refractivity (Wildman–Crippen MR) is 134 cm³/mol. The van der Waals surface area contributed by atoms with E-state index in [9.17, 15) is 24.3 Å². The van der Waals surface area contributed by atoms with Gasteiger partial charge in [0.1, 0.15) is 22.9 Å². The van der Waals surface area contributed by atoms with E-state index < -0.39 is 29.2 Å². The van der Waals surface area contributed by atoms with Crippen molar-refractivity contribution in [2.24, 2.45) is 5.16 Å². The molecule has 0 saturated carbocycles. The van der Waals surface area contributed by atoms with E-state index in [4.69, 9.17) is 4.84 Å². The van der Waals surface area contributed by atoms with Crippen molar-refractivity contribution in [2.75, 3.05) is 23.3 Å². The summed E-state index contributed by atoms with van der Waals surface area (Å²) in [6, 6.07) is 5.95. The van der Waals surface area contributed by atoms with Crippen LogP contribution in [0, 0.1) is 0 Å². The molecule has 0 bridgehead atoms. The molecular formula is C22H22N7O6S2+. The number of oxime groups is 1. The fourth-order valence-corrected chi connectivity index (χ4v) is 5.21. The third-order valence-electron chi connectivity index (χ3n) is 5.30. The van der Waals surface area contributed by atoms with Crippen LogP contribution in [0.4, 0.5) is 5.82 Å². The van der Waals surface area contributed by atoms with Gasteiger partial charge in [-0.1, -0.05) is 11.2 Å². The van der Waals surface area contributed by atoms with Gasteiger partial charge in [-0.25, -0.2) is 19.3 Å². The quantitative estimate of drug-likeness (QED) is 0.0656. The Bertz CT molecular complexity index is 1270. The van der Waals surface area contributed by atoms with Gasteiger partial charge in [0.15, 0.2) is 30.7 Å². The summed E-state index contributed by atoms with van der Waals surface area (Å²) in [6.45, 7) is 0.315. The Balaban J connectivity index is 1.54. The molecule has 0 spiro atoms. The summed E-state index contributed by atoms with van der Waals surface area (Å²) in [5.41, 5.74) is 0.207. The van der Waals surface area contributed by atoms with E-state index >= 15 is 0 Å². The normalized spacial score (nSPS) is 19.0. The van der Waals surface area contributed by atoms with Gasteiger partial charge in [-0.15, -0.1) is 23.5 Å². The molecule has 2 aliphatic heterocycles. The van der Waals surface area contributed by atoms with Gasteiger partial charge in [0.25, 0.3) is 11.8 Å². The number of amides is 3. The molecule has 4 heterocycles. The SMILES string of the molecule is CSCON=C(C(=O)NC1C(=O)N2C(C(=O)O)=C(C[n+]3ccccc3)CS[C@@H]12)c1nccc(NC=O)n1. The van der Waals surface area contributed by atoms with E-state index in [0.717, 1.165) is 0 Å². The van der Waals surface area contributed by atoms with E-state index in [1.54, 1.807) is 6.26 Å². The Morgan fingerprint density at radius 1 is 1.38 bits per heavy atom. The Morgan fingerprint density at radius 2 is 2.16 bits per heavy atom. The number of aliphatic carboxylic acids is 1. The lowest BCUT2D eigenvalue weighted by molar-refractivity contribution is -0.689. The van der Waals surface area contributed by atoms with Crippen molar-refractivity contribution in [1.82, 2.24) is 20.2 Å². The number of aromatic nitrogens is 3. The summed E-state index contributed by atoms with van der Waals surface area (Å²) in [6.07, 6.45) is 7.15. The Kier molecular flexibility index (Phi) is 8.35. The minimum atomic E-state index is -1.21. The molecule has 1 fully saturated rings. The van der Waals surface area contributed by atoms with Gasteiger partial charge in [0.05, 0.1) is 0 Å². The van der Waals surface area contributed by atoms with Crippen molar-refractivity contribution in [3.05, 3.63) is 60.0 Å². The molecule has 1 saturated heterocycles. The highest BCUT2D eigenvalue weighted by Gasteiger charge is 2.54. The highest BCUT2D eigenvalue weighted by molar-refractivity contribution is 8.00. The Labute approximate surface area is 219 Å². The van der Waals surface area contributed by atoms with E-state index in [1.807, 2.05) is 35.2 Å². The number of β-lactam (4-membered cyclic amide) rings is 1. The second-order valence-electron chi connectivity index (χ2n) is 7.67. The molecule has 13 nitrogen and oxygen atoms in total. The van der Waals surface area contributed by atoms with Crippen molar-refractivity contribution in [2.45, 2.75) is 18.0 Å². The molecular weight excluding hydrogens is 522 g/mol. The zero-order valence-electron chi connectivity index (χ0n) is 19.4. The first-order valence-corrected chi connectivity index (χ1v) is 13.3. The molecule has 15 heteroatoms. The number of rotatable bonds is 11. The maximum Gasteiger partial charge on any atom is 0.352 e. The zero-order valence-corrected chi connectivity index (χ0v) is 21.1. The van der Waals surface area contributed by atoms with Crippen LogP contribution in [0.2, 0.25) is 0 Å². The molecule has 3 N–H and O–H groups in total. The smallest absolute Gasteiger partial charge is 0.352 e. The van der Waals surface area contributed by atoms with Crippen LogP contribution < -0.4 is 15.2 Å². The molecule has 4 rings (SSSR count). The number of carboxylic acid groups (broad SMARTS) is 1. The van der Waals surface area contributed by atoms with Gasteiger partial charge in [0.2, 0.25) is 12.1 Å². The second-order valence-corrected chi connectivity index (χ2v) is 9.59. The average Bonchev–Trinajstić information content (AvgIpc) is 2.90. The zero-order chi connectivity index (χ0) is 26.4. The first kappa shape index (κ1) is 26.1. The van der Waals surface area contributed by atoms with Crippen LogP contribution in [0.5, 0.6) is 0 Å². The van der Waals surface area contributed by atoms with E-state index in [0.29, 0.717) is 24.3 Å². The summed E-state index contributed by atoms with van der Waals surface area (Å²) in [5.74, 6) is -2.03. The van der Waals surface area contributed by atoms with Crippen LogP contribution in [-0.2, 0) is 30.6 Å². The van der Waals surface area contributed by atoms with Gasteiger partial charge >= 0.3 is 5.97 Å². The molecule has 3 amide bonds. The number of nitrogens with one attached hydrogen (secondary N) is 2. The molecule has 192 valence electrons. The summed E-state index contributed by atoms with van der Waals surface area (Å²) in [7, 11) is 0. The first-order valence-electron chi connectivity index (χ1n) is 10.8. The lowest BCUT2D eigenvalue weighted by atomic mass is 10.0. The van der Waals surface area contributed by atoms with Gasteiger partial charge in [0, 0.05) is 29.7 Å². The third-order valence-corrected chi connectivity index (χ3v) is 6.98. The topological polar surface area (TPSA) is 167 Å². The molecule has 0 radical (unpaired) electrons. The largest absolute Gasteiger partial charge is 0.477 e.